The summed E-state index contributed by atoms with van der Waals surface area (Å²) >= 11 is 0. The van der Waals surface area contributed by atoms with E-state index < -0.39 is 10.0 Å². The Kier molecular flexibility index (Phi) is 4.95. The van der Waals surface area contributed by atoms with Gasteiger partial charge in [-0.3, -0.25) is 4.98 Å². The average molecular weight is 427 g/mol. The monoisotopic (exact) mass is 426 g/mol. The lowest BCUT2D eigenvalue weighted by Crippen LogP contribution is -2.43. The van der Waals surface area contributed by atoms with Gasteiger partial charge in [-0.15, -0.1) is 0 Å². The number of halogens is 1. The first-order valence-electron chi connectivity index (χ1n) is 10.3. The van der Waals surface area contributed by atoms with Crippen LogP contribution in [0.3, 0.4) is 0 Å². The Morgan fingerprint density at radius 1 is 1.00 bits per heavy atom. The lowest BCUT2D eigenvalue weighted by Gasteiger charge is -2.31. The van der Waals surface area contributed by atoms with E-state index in [-0.39, 0.29) is 17.2 Å². The van der Waals surface area contributed by atoms with Gasteiger partial charge in [0.1, 0.15) is 17.7 Å². The first-order valence-corrected chi connectivity index (χ1v) is 11.8. The molecule has 0 bridgehead atoms. The summed E-state index contributed by atoms with van der Waals surface area (Å²) in [6.45, 7) is 0.979. The van der Waals surface area contributed by atoms with Gasteiger partial charge in [0.2, 0.25) is 10.0 Å². The van der Waals surface area contributed by atoms with E-state index in [0.717, 1.165) is 34.7 Å². The molecule has 0 amide bonds. The summed E-state index contributed by atoms with van der Waals surface area (Å²) < 4.78 is 46.6. The molecule has 5 nitrogen and oxygen atoms in total. The van der Waals surface area contributed by atoms with E-state index in [1.807, 2.05) is 24.3 Å². The summed E-state index contributed by atoms with van der Waals surface area (Å²) in [7, 11) is -3.13. The Morgan fingerprint density at radius 2 is 1.80 bits per heavy atom. The molecule has 0 atom stereocenters. The highest BCUT2D eigenvalue weighted by molar-refractivity contribution is 7.90. The predicted octanol–water partition coefficient (Wildman–Crippen LogP) is 4.38. The fraction of sp³-hybridized carbons (Fsp3) is 0.348. The molecule has 30 heavy (non-hydrogen) atoms. The van der Waals surface area contributed by atoms with Crippen molar-refractivity contribution in [3.63, 3.8) is 0 Å². The van der Waals surface area contributed by atoms with Crippen molar-refractivity contribution in [3.8, 4) is 16.9 Å². The van der Waals surface area contributed by atoms with Gasteiger partial charge in [-0.05, 0) is 72.5 Å². The normalized spacial score (nSPS) is 18.6. The second-order valence-corrected chi connectivity index (χ2v) is 10.3. The van der Waals surface area contributed by atoms with E-state index in [2.05, 4.69) is 4.98 Å². The summed E-state index contributed by atoms with van der Waals surface area (Å²) in [4.78, 5) is 4.23. The summed E-state index contributed by atoms with van der Waals surface area (Å²) in [6, 6.07) is 12.3. The van der Waals surface area contributed by atoms with Gasteiger partial charge < -0.3 is 4.74 Å². The maximum Gasteiger partial charge on any atom is 0.216 e. The van der Waals surface area contributed by atoms with E-state index in [9.17, 15) is 12.8 Å². The van der Waals surface area contributed by atoms with Gasteiger partial charge in [0.25, 0.3) is 0 Å². The van der Waals surface area contributed by atoms with Crippen LogP contribution in [0.15, 0.2) is 54.9 Å². The lowest BCUT2D eigenvalue weighted by molar-refractivity contribution is 0.137. The molecule has 3 aromatic rings. The lowest BCUT2D eigenvalue weighted by atomic mass is 10.0. The summed E-state index contributed by atoms with van der Waals surface area (Å²) in [6.07, 6.45) is 6.29. The first kappa shape index (κ1) is 19.5. The molecule has 1 aliphatic heterocycles. The van der Waals surface area contributed by atoms with Gasteiger partial charge in [0, 0.05) is 30.9 Å². The van der Waals surface area contributed by atoms with E-state index in [1.165, 1.54) is 12.1 Å². The Bertz CT molecular complexity index is 1190. The van der Waals surface area contributed by atoms with Gasteiger partial charge in [-0.25, -0.2) is 17.1 Å². The number of fused-ring (bicyclic) bond motifs is 1. The minimum atomic E-state index is -3.13. The summed E-state index contributed by atoms with van der Waals surface area (Å²) in [5.41, 5.74) is 1.65. The number of sulfonamides is 1. The van der Waals surface area contributed by atoms with Gasteiger partial charge in [-0.2, -0.15) is 0 Å². The topological polar surface area (TPSA) is 59.5 Å². The molecule has 7 heteroatoms. The molecule has 1 aromatic heterocycles. The van der Waals surface area contributed by atoms with Crippen LogP contribution in [0.4, 0.5) is 4.39 Å². The van der Waals surface area contributed by atoms with Crippen LogP contribution in [0.1, 0.15) is 25.7 Å². The van der Waals surface area contributed by atoms with Crippen LogP contribution in [0.25, 0.3) is 21.9 Å². The van der Waals surface area contributed by atoms with E-state index in [4.69, 9.17) is 4.74 Å². The van der Waals surface area contributed by atoms with Crippen LogP contribution in [-0.4, -0.2) is 42.2 Å². The number of nitrogens with zero attached hydrogens (tertiary/aromatic N) is 2. The van der Waals surface area contributed by atoms with Crippen molar-refractivity contribution in [2.75, 3.05) is 13.1 Å². The molecular formula is C23H23FN2O3S. The van der Waals surface area contributed by atoms with Crippen molar-refractivity contribution in [2.45, 2.75) is 37.0 Å². The number of ether oxygens (including phenoxy) is 1. The summed E-state index contributed by atoms with van der Waals surface area (Å²) in [5.74, 6) is 0.414. The van der Waals surface area contributed by atoms with Crippen molar-refractivity contribution < 1.29 is 17.5 Å². The molecule has 0 unspecified atom stereocenters. The average Bonchev–Trinajstić information content (AvgIpc) is 3.60. The maximum absolute atomic E-state index is 13.7. The third-order valence-electron chi connectivity index (χ3n) is 5.88. The smallest absolute Gasteiger partial charge is 0.216 e. The minimum absolute atomic E-state index is 0.0678. The second kappa shape index (κ2) is 7.63. The standard InChI is InChI=1S/C23H23FN2O3S/c24-19-3-1-2-16(13-19)18-12-17-6-9-25-15-22(17)23(14-18)29-20-7-10-26(11-8-20)30(27,28)21-4-5-21/h1-3,6,9,12-15,20-21H,4-5,7-8,10-11H2. The third kappa shape index (κ3) is 3.79. The molecule has 0 radical (unpaired) electrons. The van der Waals surface area contributed by atoms with Gasteiger partial charge in [-0.1, -0.05) is 12.1 Å². The SMILES string of the molecule is O=S(=O)(C1CC1)N1CCC(Oc2cc(-c3cccc(F)c3)cc3ccncc23)CC1. The predicted molar refractivity (Wildman–Crippen MR) is 114 cm³/mol. The van der Waals surface area contributed by atoms with Crippen molar-refractivity contribution in [1.29, 1.82) is 0 Å². The van der Waals surface area contributed by atoms with Crippen molar-refractivity contribution in [3.05, 3.63) is 60.7 Å². The number of hydrogen-bond donors (Lipinski definition) is 0. The fourth-order valence-electron chi connectivity index (χ4n) is 4.06. The van der Waals surface area contributed by atoms with Crippen molar-refractivity contribution in [1.82, 2.24) is 9.29 Å². The van der Waals surface area contributed by atoms with Gasteiger partial charge in [0.05, 0.1) is 5.25 Å². The van der Waals surface area contributed by atoms with E-state index in [1.54, 1.807) is 22.8 Å². The van der Waals surface area contributed by atoms with E-state index >= 15 is 0 Å². The highest BCUT2D eigenvalue weighted by atomic mass is 32.2. The number of piperidine rings is 1. The fourth-order valence-corrected chi connectivity index (χ4v) is 5.93. The Hall–Kier alpha value is -2.51. The molecule has 1 aliphatic carbocycles. The molecule has 0 N–H and O–H groups in total. The van der Waals surface area contributed by atoms with Gasteiger partial charge in [0.15, 0.2) is 0 Å². The number of hydrogen-bond acceptors (Lipinski definition) is 4. The molecule has 2 heterocycles. The minimum Gasteiger partial charge on any atom is -0.490 e. The molecule has 156 valence electrons. The zero-order chi connectivity index (χ0) is 20.7. The van der Waals surface area contributed by atoms with Crippen LogP contribution in [-0.2, 0) is 10.0 Å². The molecular weight excluding hydrogens is 403 g/mol. The molecule has 2 fully saturated rings. The Labute approximate surface area is 175 Å². The third-order valence-corrected chi connectivity index (χ3v) is 8.27. The molecule has 2 aliphatic rings. The molecule has 5 rings (SSSR count). The van der Waals surface area contributed by atoms with Gasteiger partial charge >= 0.3 is 0 Å². The highest BCUT2D eigenvalue weighted by Crippen LogP contribution is 2.35. The van der Waals surface area contributed by atoms with E-state index in [0.29, 0.717) is 31.7 Å². The number of pyridine rings is 1. The zero-order valence-corrected chi connectivity index (χ0v) is 17.3. The van der Waals surface area contributed by atoms with Crippen molar-refractivity contribution in [2.24, 2.45) is 0 Å². The number of rotatable bonds is 5. The highest BCUT2D eigenvalue weighted by Gasteiger charge is 2.41. The Balaban J connectivity index is 1.40. The number of benzene rings is 2. The molecule has 1 saturated heterocycles. The van der Waals surface area contributed by atoms with Crippen LogP contribution in [0, 0.1) is 5.82 Å². The Morgan fingerprint density at radius 3 is 2.53 bits per heavy atom. The molecule has 2 aromatic carbocycles. The van der Waals surface area contributed by atoms with Crippen LogP contribution in [0.2, 0.25) is 0 Å². The van der Waals surface area contributed by atoms with Crippen molar-refractivity contribution >= 4 is 20.8 Å². The molecule has 0 spiro atoms. The number of aromatic nitrogens is 1. The second-order valence-electron chi connectivity index (χ2n) is 8.04. The van der Waals surface area contributed by atoms with Crippen LogP contribution >= 0.6 is 0 Å². The van der Waals surface area contributed by atoms with Crippen LogP contribution < -0.4 is 4.74 Å². The molecule has 1 saturated carbocycles. The quantitative estimate of drug-likeness (QED) is 0.608. The zero-order valence-electron chi connectivity index (χ0n) is 16.5. The largest absolute Gasteiger partial charge is 0.490 e. The summed E-state index contributed by atoms with van der Waals surface area (Å²) in [5, 5.41) is 1.69. The maximum atomic E-state index is 13.7. The first-order chi connectivity index (χ1) is 14.5. The van der Waals surface area contributed by atoms with Crippen LogP contribution in [0.5, 0.6) is 5.75 Å².